The van der Waals surface area contributed by atoms with Crippen LogP contribution in [-0.2, 0) is 14.3 Å². The highest BCUT2D eigenvalue weighted by atomic mass is 16.5. The molecular weight excluding hydrogens is 380 g/mol. The minimum atomic E-state index is -0.618. The van der Waals surface area contributed by atoms with Crippen LogP contribution in [0, 0.1) is 0 Å². The molecule has 0 radical (unpaired) electrons. The van der Waals surface area contributed by atoms with E-state index in [1.54, 1.807) is 0 Å². The van der Waals surface area contributed by atoms with Gasteiger partial charge in [-0.2, -0.15) is 0 Å². The zero-order valence-corrected chi connectivity index (χ0v) is 19.9. The molecule has 0 fully saturated rings. The van der Waals surface area contributed by atoms with Gasteiger partial charge in [-0.25, -0.2) is 0 Å². The van der Waals surface area contributed by atoms with Gasteiger partial charge in [0.2, 0.25) is 0 Å². The summed E-state index contributed by atoms with van der Waals surface area (Å²) in [6.45, 7) is 2.54. The fraction of sp³-hybridized carbons (Fsp3) is 0.960. The van der Waals surface area contributed by atoms with Crippen LogP contribution in [0.2, 0.25) is 0 Å². The van der Waals surface area contributed by atoms with Crippen LogP contribution in [0.3, 0.4) is 0 Å². The lowest BCUT2D eigenvalue weighted by Gasteiger charge is -2.21. The average Bonchev–Trinajstić information content (AvgIpc) is 2.76. The summed E-state index contributed by atoms with van der Waals surface area (Å²) in [4.78, 5) is 11.0. The van der Waals surface area contributed by atoms with Crippen molar-refractivity contribution < 1.29 is 24.5 Å². The van der Waals surface area contributed by atoms with Crippen LogP contribution in [0.5, 0.6) is 0 Å². The summed E-state index contributed by atoms with van der Waals surface area (Å²) in [5.74, 6) is -0.216. The summed E-state index contributed by atoms with van der Waals surface area (Å²) in [7, 11) is 1.38. The zero-order chi connectivity index (χ0) is 22.3. The van der Waals surface area contributed by atoms with Crippen molar-refractivity contribution in [1.82, 2.24) is 0 Å². The number of aliphatic hydroxyl groups excluding tert-OH is 2. The van der Waals surface area contributed by atoms with E-state index in [9.17, 15) is 15.0 Å². The molecule has 0 rings (SSSR count). The van der Waals surface area contributed by atoms with Gasteiger partial charge in [-0.1, -0.05) is 96.8 Å². The predicted molar refractivity (Wildman–Crippen MR) is 124 cm³/mol. The number of rotatable bonds is 23. The molecule has 0 aliphatic heterocycles. The first-order valence-electron chi connectivity index (χ1n) is 12.6. The number of hydrogen-bond acceptors (Lipinski definition) is 5. The van der Waals surface area contributed by atoms with E-state index in [4.69, 9.17) is 4.74 Å². The zero-order valence-electron chi connectivity index (χ0n) is 19.9. The molecule has 0 spiro atoms. The molecule has 1 unspecified atom stereocenters. The number of methoxy groups -OCH3 is 1. The van der Waals surface area contributed by atoms with Crippen molar-refractivity contribution in [2.24, 2.45) is 0 Å². The lowest BCUT2D eigenvalue weighted by molar-refractivity contribution is -0.140. The van der Waals surface area contributed by atoms with Gasteiger partial charge >= 0.3 is 5.97 Å². The van der Waals surface area contributed by atoms with Crippen molar-refractivity contribution in [3.8, 4) is 0 Å². The first kappa shape index (κ1) is 29.4. The summed E-state index contributed by atoms with van der Waals surface area (Å²) >= 11 is 0. The van der Waals surface area contributed by atoms with Crippen molar-refractivity contribution in [3.05, 3.63) is 0 Å². The highest BCUT2D eigenvalue weighted by molar-refractivity contribution is 5.68. The van der Waals surface area contributed by atoms with E-state index in [0.29, 0.717) is 25.9 Å². The molecule has 2 N–H and O–H groups in total. The van der Waals surface area contributed by atoms with Crippen molar-refractivity contribution in [3.63, 3.8) is 0 Å². The van der Waals surface area contributed by atoms with Crippen molar-refractivity contribution in [1.29, 1.82) is 0 Å². The fourth-order valence-electron chi connectivity index (χ4n) is 3.73. The van der Waals surface area contributed by atoms with E-state index in [1.165, 1.54) is 84.2 Å². The SMILES string of the molecule is CCCCCCCCCCCCCCCCC(O)[C@H](CO)OCCCCC(=O)OC. The summed E-state index contributed by atoms with van der Waals surface area (Å²) in [5, 5.41) is 19.7. The number of unbranched alkanes of at least 4 members (excludes halogenated alkanes) is 14. The van der Waals surface area contributed by atoms with E-state index < -0.39 is 12.2 Å². The topological polar surface area (TPSA) is 76.0 Å². The van der Waals surface area contributed by atoms with Gasteiger partial charge in [0.15, 0.2) is 0 Å². The molecule has 0 aromatic heterocycles. The molecule has 5 heteroatoms. The molecular formula is C25H50O5. The number of hydrogen-bond donors (Lipinski definition) is 2. The van der Waals surface area contributed by atoms with Gasteiger partial charge in [0.05, 0.1) is 19.8 Å². The maximum absolute atomic E-state index is 11.0. The maximum Gasteiger partial charge on any atom is 0.305 e. The Bertz CT molecular complexity index is 361. The minimum Gasteiger partial charge on any atom is -0.469 e. The van der Waals surface area contributed by atoms with Crippen LogP contribution in [0.15, 0.2) is 0 Å². The Labute approximate surface area is 185 Å². The Morgan fingerprint density at radius 1 is 0.767 bits per heavy atom. The van der Waals surface area contributed by atoms with Gasteiger partial charge in [0.25, 0.3) is 0 Å². The van der Waals surface area contributed by atoms with Crippen LogP contribution in [0.4, 0.5) is 0 Å². The lowest BCUT2D eigenvalue weighted by Crippen LogP contribution is -2.32. The molecule has 0 heterocycles. The standard InChI is InChI=1S/C25H50O5/c1-3-4-5-6-7-8-9-10-11-12-13-14-15-16-19-23(27)24(22-26)30-21-18-17-20-25(28)29-2/h23-24,26-27H,3-22H2,1-2H3/t23?,24-/m0/s1. The molecule has 0 aliphatic carbocycles. The predicted octanol–water partition coefficient (Wildman–Crippen LogP) is 5.94. The Kier molecular flexibility index (Phi) is 22.5. The second-order valence-corrected chi connectivity index (χ2v) is 8.58. The third-order valence-electron chi connectivity index (χ3n) is 5.80. The van der Waals surface area contributed by atoms with Gasteiger partial charge < -0.3 is 19.7 Å². The lowest BCUT2D eigenvalue weighted by atomic mass is 10.0. The van der Waals surface area contributed by atoms with E-state index in [1.807, 2.05) is 0 Å². The number of esters is 1. The van der Waals surface area contributed by atoms with Gasteiger partial charge in [-0.3, -0.25) is 4.79 Å². The van der Waals surface area contributed by atoms with E-state index in [-0.39, 0.29) is 12.6 Å². The number of aliphatic hydroxyl groups is 2. The first-order chi connectivity index (χ1) is 14.7. The van der Waals surface area contributed by atoms with Crippen molar-refractivity contribution in [2.45, 2.75) is 135 Å². The Morgan fingerprint density at radius 2 is 1.27 bits per heavy atom. The van der Waals surface area contributed by atoms with Gasteiger partial charge in [-0.05, 0) is 19.3 Å². The molecule has 0 aromatic rings. The molecule has 0 saturated carbocycles. The second-order valence-electron chi connectivity index (χ2n) is 8.58. The highest BCUT2D eigenvalue weighted by Gasteiger charge is 2.18. The smallest absolute Gasteiger partial charge is 0.305 e. The molecule has 5 nitrogen and oxygen atoms in total. The Balaban J connectivity index is 3.45. The highest BCUT2D eigenvalue weighted by Crippen LogP contribution is 2.15. The molecule has 0 aliphatic rings. The maximum atomic E-state index is 11.0. The third kappa shape index (κ3) is 19.3. The van der Waals surface area contributed by atoms with Crippen molar-refractivity contribution in [2.75, 3.05) is 20.3 Å². The average molecular weight is 431 g/mol. The second kappa shape index (κ2) is 23.0. The van der Waals surface area contributed by atoms with Crippen LogP contribution in [-0.4, -0.2) is 48.7 Å². The van der Waals surface area contributed by atoms with Crippen LogP contribution < -0.4 is 0 Å². The molecule has 30 heavy (non-hydrogen) atoms. The van der Waals surface area contributed by atoms with Crippen LogP contribution in [0.25, 0.3) is 0 Å². The van der Waals surface area contributed by atoms with Crippen LogP contribution in [0.1, 0.15) is 122 Å². The number of ether oxygens (including phenoxy) is 2. The quantitative estimate of drug-likeness (QED) is 0.155. The summed E-state index contributed by atoms with van der Waals surface area (Å²) < 4.78 is 10.2. The van der Waals surface area contributed by atoms with Gasteiger partial charge in [-0.15, -0.1) is 0 Å². The third-order valence-corrected chi connectivity index (χ3v) is 5.80. The normalized spacial score (nSPS) is 13.3. The molecule has 0 saturated heterocycles. The van der Waals surface area contributed by atoms with Gasteiger partial charge in [0.1, 0.15) is 6.10 Å². The van der Waals surface area contributed by atoms with Crippen molar-refractivity contribution >= 4 is 5.97 Å². The van der Waals surface area contributed by atoms with E-state index in [2.05, 4.69) is 11.7 Å². The summed E-state index contributed by atoms with van der Waals surface area (Å²) in [5.41, 5.74) is 0. The molecule has 0 aromatic carbocycles. The largest absolute Gasteiger partial charge is 0.469 e. The monoisotopic (exact) mass is 430 g/mol. The number of carbonyl (C=O) groups excluding carboxylic acids is 1. The summed E-state index contributed by atoms with van der Waals surface area (Å²) in [6.07, 6.45) is 19.7. The Morgan fingerprint density at radius 3 is 1.73 bits per heavy atom. The van der Waals surface area contributed by atoms with Crippen LogP contribution >= 0.6 is 0 Å². The van der Waals surface area contributed by atoms with E-state index >= 15 is 0 Å². The first-order valence-corrected chi connectivity index (χ1v) is 12.6. The molecule has 0 bridgehead atoms. The van der Waals surface area contributed by atoms with E-state index in [0.717, 1.165) is 19.3 Å². The minimum absolute atomic E-state index is 0.170. The molecule has 2 atom stereocenters. The number of carbonyl (C=O) groups is 1. The summed E-state index contributed by atoms with van der Waals surface area (Å²) in [6, 6.07) is 0. The Hall–Kier alpha value is -0.650. The molecule has 0 amide bonds. The fourth-order valence-corrected chi connectivity index (χ4v) is 3.73. The van der Waals surface area contributed by atoms with Gasteiger partial charge in [0, 0.05) is 13.0 Å². The molecule has 180 valence electrons.